The van der Waals surface area contributed by atoms with E-state index in [1.54, 1.807) is 6.20 Å². The first-order chi connectivity index (χ1) is 12.1. The topological polar surface area (TPSA) is 76.8 Å². The molecule has 0 aliphatic carbocycles. The van der Waals surface area contributed by atoms with E-state index in [9.17, 15) is 4.79 Å². The largest absolute Gasteiger partial charge is 0.394 e. The number of aliphatic hydroxyl groups excluding tert-OH is 1. The zero-order chi connectivity index (χ0) is 17.9. The molecule has 2 aliphatic rings. The van der Waals surface area contributed by atoms with E-state index < -0.39 is 0 Å². The van der Waals surface area contributed by atoms with Gasteiger partial charge in [-0.25, -0.2) is 0 Å². The minimum absolute atomic E-state index is 0.0530. The minimum atomic E-state index is -0.183. The first-order valence-corrected chi connectivity index (χ1v) is 9.26. The maximum Gasteiger partial charge on any atom is 0.257 e. The van der Waals surface area contributed by atoms with Gasteiger partial charge in [0, 0.05) is 38.4 Å². The van der Waals surface area contributed by atoms with Crippen molar-refractivity contribution >= 4 is 5.91 Å². The van der Waals surface area contributed by atoms with Crippen molar-refractivity contribution in [3.63, 3.8) is 0 Å². The molecular weight excluding hydrogens is 322 g/mol. The number of aliphatic hydroxyl groups is 1. The van der Waals surface area contributed by atoms with Crippen molar-refractivity contribution in [1.29, 1.82) is 0 Å². The highest BCUT2D eigenvalue weighted by molar-refractivity contribution is 5.95. The highest BCUT2D eigenvalue weighted by Gasteiger charge is 2.41. The van der Waals surface area contributed by atoms with Crippen molar-refractivity contribution in [2.75, 3.05) is 32.9 Å². The zero-order valence-corrected chi connectivity index (χ0v) is 15.2. The molecule has 7 nitrogen and oxygen atoms in total. The highest BCUT2D eigenvalue weighted by Crippen LogP contribution is 2.36. The fourth-order valence-corrected chi connectivity index (χ4v) is 3.96. The second-order valence-electron chi connectivity index (χ2n) is 6.99. The van der Waals surface area contributed by atoms with Crippen LogP contribution in [0.4, 0.5) is 0 Å². The summed E-state index contributed by atoms with van der Waals surface area (Å²) in [6, 6.07) is 0. The van der Waals surface area contributed by atoms with Crippen LogP contribution in [-0.2, 0) is 16.0 Å². The van der Waals surface area contributed by atoms with Crippen LogP contribution in [0.15, 0.2) is 6.20 Å². The third-order valence-corrected chi connectivity index (χ3v) is 5.49. The van der Waals surface area contributed by atoms with Gasteiger partial charge in [-0.15, -0.1) is 0 Å². The van der Waals surface area contributed by atoms with Crippen molar-refractivity contribution in [1.82, 2.24) is 14.7 Å². The highest BCUT2D eigenvalue weighted by atomic mass is 16.5. The predicted molar refractivity (Wildman–Crippen MR) is 92.5 cm³/mol. The van der Waals surface area contributed by atoms with Crippen LogP contribution < -0.4 is 0 Å². The van der Waals surface area contributed by atoms with Gasteiger partial charge in [-0.3, -0.25) is 9.48 Å². The van der Waals surface area contributed by atoms with Crippen LogP contribution in [0.1, 0.15) is 48.7 Å². The molecule has 2 saturated heterocycles. The number of hydrogen-bond donors (Lipinski definition) is 1. The average Bonchev–Trinajstić information content (AvgIpc) is 3.01. The van der Waals surface area contributed by atoms with Gasteiger partial charge in [0.1, 0.15) is 0 Å². The van der Waals surface area contributed by atoms with Crippen LogP contribution >= 0.6 is 0 Å². The van der Waals surface area contributed by atoms with Gasteiger partial charge >= 0.3 is 0 Å². The summed E-state index contributed by atoms with van der Waals surface area (Å²) in [7, 11) is 0. The van der Waals surface area contributed by atoms with Crippen LogP contribution in [0.5, 0.6) is 0 Å². The summed E-state index contributed by atoms with van der Waals surface area (Å²) >= 11 is 0. The van der Waals surface area contributed by atoms with Crippen LogP contribution in [-0.4, -0.2) is 70.3 Å². The quantitative estimate of drug-likeness (QED) is 0.867. The van der Waals surface area contributed by atoms with E-state index in [-0.39, 0.29) is 24.2 Å². The lowest BCUT2D eigenvalue weighted by Gasteiger charge is -2.46. The van der Waals surface area contributed by atoms with Gasteiger partial charge in [0.05, 0.1) is 36.7 Å². The Morgan fingerprint density at radius 3 is 2.88 bits per heavy atom. The molecule has 2 aliphatic heterocycles. The number of aryl methyl sites for hydroxylation is 1. The van der Waals surface area contributed by atoms with Gasteiger partial charge in [-0.2, -0.15) is 5.10 Å². The standard InChI is InChI=1S/C18H29N3O4/c1-3-21-14(2)16(13-19-21)17(23)20-7-5-18(6-8-20)12-15(4-10-25-18)24-11-9-22/h13,15,22H,3-12H2,1-2H3. The fraction of sp³-hybridized carbons (Fsp3) is 0.778. The Bertz CT molecular complexity index is 593. The summed E-state index contributed by atoms with van der Waals surface area (Å²) in [5.41, 5.74) is 1.45. The maximum absolute atomic E-state index is 12.8. The number of rotatable bonds is 5. The Labute approximate surface area is 148 Å². The van der Waals surface area contributed by atoms with E-state index in [1.807, 2.05) is 23.4 Å². The maximum atomic E-state index is 12.8. The minimum Gasteiger partial charge on any atom is -0.394 e. The number of aromatic nitrogens is 2. The molecule has 0 aromatic carbocycles. The van der Waals surface area contributed by atoms with Crippen molar-refractivity contribution in [2.45, 2.75) is 57.8 Å². The van der Waals surface area contributed by atoms with E-state index in [0.29, 0.717) is 31.9 Å². The molecule has 0 bridgehead atoms. The lowest BCUT2D eigenvalue weighted by Crippen LogP contribution is -2.52. The van der Waals surface area contributed by atoms with Gasteiger partial charge in [-0.05, 0) is 33.1 Å². The number of carbonyl (C=O) groups is 1. The molecule has 1 amide bonds. The fourth-order valence-electron chi connectivity index (χ4n) is 3.96. The molecule has 2 fully saturated rings. The number of carbonyl (C=O) groups excluding carboxylic acids is 1. The van der Waals surface area contributed by atoms with E-state index in [2.05, 4.69) is 5.10 Å². The third-order valence-electron chi connectivity index (χ3n) is 5.49. The Morgan fingerprint density at radius 1 is 1.48 bits per heavy atom. The summed E-state index contributed by atoms with van der Waals surface area (Å²) in [6.45, 7) is 7.25. The molecule has 7 heteroatoms. The van der Waals surface area contributed by atoms with Gasteiger partial charge in [0.15, 0.2) is 0 Å². The third kappa shape index (κ3) is 3.88. The monoisotopic (exact) mass is 351 g/mol. The number of amides is 1. The normalized spacial score (nSPS) is 23.2. The van der Waals surface area contributed by atoms with Crippen molar-refractivity contribution in [2.24, 2.45) is 0 Å². The summed E-state index contributed by atoms with van der Waals surface area (Å²) in [4.78, 5) is 14.7. The summed E-state index contributed by atoms with van der Waals surface area (Å²) in [5, 5.41) is 13.2. The predicted octanol–water partition coefficient (Wildman–Crippen LogP) is 1.37. The average molecular weight is 351 g/mol. The van der Waals surface area contributed by atoms with E-state index in [1.165, 1.54) is 0 Å². The summed E-state index contributed by atoms with van der Waals surface area (Å²) < 4.78 is 13.7. The van der Waals surface area contributed by atoms with Crippen molar-refractivity contribution in [3.8, 4) is 0 Å². The lowest BCUT2D eigenvalue weighted by molar-refractivity contribution is -0.154. The summed E-state index contributed by atoms with van der Waals surface area (Å²) in [5.74, 6) is 0.0657. The number of likely N-dealkylation sites (tertiary alicyclic amines) is 1. The van der Waals surface area contributed by atoms with Crippen molar-refractivity contribution < 1.29 is 19.4 Å². The van der Waals surface area contributed by atoms with E-state index in [4.69, 9.17) is 14.6 Å². The summed E-state index contributed by atoms with van der Waals surface area (Å²) in [6.07, 6.45) is 5.22. The van der Waals surface area contributed by atoms with Gasteiger partial charge in [0.25, 0.3) is 5.91 Å². The molecule has 0 saturated carbocycles. The molecule has 3 rings (SSSR count). The number of hydrogen-bond acceptors (Lipinski definition) is 5. The molecule has 1 aromatic heterocycles. The van der Waals surface area contributed by atoms with E-state index >= 15 is 0 Å². The van der Waals surface area contributed by atoms with Crippen LogP contribution in [0.2, 0.25) is 0 Å². The molecule has 3 heterocycles. The van der Waals surface area contributed by atoms with Gasteiger partial charge in [-0.1, -0.05) is 0 Å². The molecule has 1 aromatic rings. The van der Waals surface area contributed by atoms with Gasteiger partial charge < -0.3 is 19.5 Å². The van der Waals surface area contributed by atoms with Crippen LogP contribution in [0, 0.1) is 6.92 Å². The molecule has 25 heavy (non-hydrogen) atoms. The molecule has 0 radical (unpaired) electrons. The Kier molecular flexibility index (Phi) is 5.76. The Balaban J connectivity index is 1.59. The molecule has 1 unspecified atom stereocenters. The number of nitrogens with zero attached hydrogens (tertiary/aromatic N) is 3. The number of ether oxygens (including phenoxy) is 2. The second kappa shape index (κ2) is 7.85. The van der Waals surface area contributed by atoms with Gasteiger partial charge in [0.2, 0.25) is 0 Å². The second-order valence-corrected chi connectivity index (χ2v) is 6.99. The van der Waals surface area contributed by atoms with Crippen molar-refractivity contribution in [3.05, 3.63) is 17.5 Å². The first kappa shape index (κ1) is 18.4. The molecule has 1 atom stereocenters. The first-order valence-electron chi connectivity index (χ1n) is 9.26. The molecule has 1 spiro atoms. The van der Waals surface area contributed by atoms with E-state index in [0.717, 1.165) is 37.9 Å². The SMILES string of the molecule is CCn1ncc(C(=O)N2CCC3(CC2)CC(OCCO)CCO3)c1C. The Morgan fingerprint density at radius 2 is 2.24 bits per heavy atom. The Hall–Kier alpha value is -1.44. The lowest BCUT2D eigenvalue weighted by atomic mass is 9.83. The smallest absolute Gasteiger partial charge is 0.257 e. The molecule has 140 valence electrons. The zero-order valence-electron chi connectivity index (χ0n) is 15.2. The van der Waals surface area contributed by atoms with Crippen LogP contribution in [0.3, 0.4) is 0 Å². The molecular formula is C18H29N3O4. The number of piperidine rings is 1. The molecule has 1 N–H and O–H groups in total. The van der Waals surface area contributed by atoms with Crippen LogP contribution in [0.25, 0.3) is 0 Å².